The van der Waals surface area contributed by atoms with E-state index in [2.05, 4.69) is 87.8 Å². The molecule has 0 saturated carbocycles. The second-order valence-electron chi connectivity index (χ2n) is 16.2. The lowest BCUT2D eigenvalue weighted by atomic mass is 9.98. The van der Waals surface area contributed by atoms with Crippen LogP contribution in [-0.2, 0) is 19.1 Å². The average Bonchev–Trinajstić information content (AvgIpc) is 4.14. The van der Waals surface area contributed by atoms with Crippen molar-refractivity contribution in [2.75, 3.05) is 27.3 Å². The lowest BCUT2D eigenvalue weighted by molar-refractivity contribution is -0.135. The number of likely N-dealkylation sites (tertiary alicyclic amines) is 2. The molecule has 62 heavy (non-hydrogen) atoms. The van der Waals surface area contributed by atoms with Gasteiger partial charge in [0.15, 0.2) is 0 Å². The highest BCUT2D eigenvalue weighted by molar-refractivity contribution is 5.91. The summed E-state index contributed by atoms with van der Waals surface area (Å²) in [4.78, 5) is 71.8. The Kier molecular flexibility index (Phi) is 11.9. The van der Waals surface area contributed by atoms with Gasteiger partial charge in [-0.05, 0) is 70.3 Å². The molecule has 6 aromatic rings. The normalized spacial score (nSPS) is 17.3. The highest BCUT2D eigenvalue weighted by atomic mass is 16.5. The van der Waals surface area contributed by atoms with Crippen LogP contribution in [0.2, 0.25) is 0 Å². The van der Waals surface area contributed by atoms with Crippen LogP contribution in [0.1, 0.15) is 68.4 Å². The quantitative estimate of drug-likeness (QED) is 0.0944. The minimum atomic E-state index is -0.933. The number of hydrogen-bond acceptors (Lipinski definition) is 8. The van der Waals surface area contributed by atoms with E-state index in [0.29, 0.717) is 30.9 Å². The lowest BCUT2D eigenvalue weighted by Gasteiger charge is -2.30. The van der Waals surface area contributed by atoms with Gasteiger partial charge in [-0.1, -0.05) is 105 Å². The number of nitrogens with zero attached hydrogens (tertiary/aromatic N) is 4. The van der Waals surface area contributed by atoms with Crippen LogP contribution in [0.15, 0.2) is 116 Å². The van der Waals surface area contributed by atoms with Crippen molar-refractivity contribution in [2.24, 2.45) is 5.92 Å². The van der Waals surface area contributed by atoms with Gasteiger partial charge in [0.25, 0.3) is 5.91 Å². The fraction of sp³-hybridized carbons (Fsp3) is 0.292. The van der Waals surface area contributed by atoms with Crippen LogP contribution in [0, 0.1) is 5.92 Å². The number of hydrogen-bond donors (Lipinski definition) is 4. The highest BCUT2D eigenvalue weighted by Gasteiger charge is 2.39. The number of benzene rings is 4. The maximum atomic E-state index is 14.0. The standard InChI is InChI=1S/C48H50N8O6/c1-28(2)41(53-47(59)61-4)45(57)55-21-9-12-39(55)43-49-26-38(52-43)36-20-19-34-23-33(17-18-35(34)24-36)30-13-15-31(16-14-30)37-25-50-44(51-37)40-22-29(3)27-56(40)46(58)42(54-48(60)62-5)32-10-7-6-8-11-32/h6-8,10-11,13-20,23-26,28,39-42H,3,9,12,21-22,27H2,1-2,4-5H3,(H,49,52)(H,50,51)(H,53,59)(H,54,60). The summed E-state index contributed by atoms with van der Waals surface area (Å²) in [6.45, 7) is 8.92. The first-order valence-corrected chi connectivity index (χ1v) is 20.8. The predicted octanol–water partition coefficient (Wildman–Crippen LogP) is 8.26. The van der Waals surface area contributed by atoms with Gasteiger partial charge in [-0.3, -0.25) is 9.59 Å². The van der Waals surface area contributed by atoms with Crippen LogP contribution in [0.3, 0.4) is 0 Å². The summed E-state index contributed by atoms with van der Waals surface area (Å²) in [5.41, 5.74) is 7.29. The molecule has 0 aliphatic carbocycles. The summed E-state index contributed by atoms with van der Waals surface area (Å²) in [7, 11) is 2.56. The van der Waals surface area contributed by atoms with E-state index in [0.717, 1.165) is 68.7 Å². The van der Waals surface area contributed by atoms with Gasteiger partial charge in [-0.15, -0.1) is 0 Å². The van der Waals surface area contributed by atoms with Crippen LogP contribution in [-0.4, -0.2) is 87.1 Å². The number of aromatic nitrogens is 4. The van der Waals surface area contributed by atoms with E-state index in [9.17, 15) is 19.2 Å². The minimum absolute atomic E-state index is 0.111. The van der Waals surface area contributed by atoms with Crippen molar-refractivity contribution in [3.05, 3.63) is 133 Å². The molecule has 4 N–H and O–H groups in total. The smallest absolute Gasteiger partial charge is 0.407 e. The first-order chi connectivity index (χ1) is 30.0. The molecule has 2 aromatic heterocycles. The van der Waals surface area contributed by atoms with Crippen molar-refractivity contribution < 1.29 is 28.7 Å². The van der Waals surface area contributed by atoms with Crippen molar-refractivity contribution in [1.82, 2.24) is 40.4 Å². The fourth-order valence-corrected chi connectivity index (χ4v) is 8.48. The number of methoxy groups -OCH3 is 2. The predicted molar refractivity (Wildman–Crippen MR) is 235 cm³/mol. The van der Waals surface area contributed by atoms with E-state index in [-0.39, 0.29) is 29.8 Å². The van der Waals surface area contributed by atoms with Gasteiger partial charge in [0, 0.05) is 18.7 Å². The number of carbonyl (C=O) groups is 4. The maximum Gasteiger partial charge on any atom is 0.407 e. The van der Waals surface area contributed by atoms with Crippen LogP contribution in [0.25, 0.3) is 44.4 Å². The van der Waals surface area contributed by atoms with Crippen LogP contribution >= 0.6 is 0 Å². The van der Waals surface area contributed by atoms with Crippen molar-refractivity contribution in [3.63, 3.8) is 0 Å². The van der Waals surface area contributed by atoms with Gasteiger partial charge in [0.2, 0.25) is 5.91 Å². The van der Waals surface area contributed by atoms with E-state index in [4.69, 9.17) is 19.4 Å². The largest absolute Gasteiger partial charge is 0.453 e. The number of rotatable bonds is 11. The summed E-state index contributed by atoms with van der Waals surface area (Å²) in [6, 6.07) is 27.9. The Morgan fingerprint density at radius 1 is 0.710 bits per heavy atom. The molecule has 0 bridgehead atoms. The van der Waals surface area contributed by atoms with E-state index >= 15 is 0 Å². The molecule has 318 valence electrons. The lowest BCUT2D eigenvalue weighted by Crippen LogP contribution is -2.51. The second-order valence-corrected chi connectivity index (χ2v) is 16.2. The molecule has 0 spiro atoms. The van der Waals surface area contributed by atoms with Crippen molar-refractivity contribution in [3.8, 4) is 33.6 Å². The summed E-state index contributed by atoms with van der Waals surface area (Å²) < 4.78 is 9.61. The Morgan fingerprint density at radius 3 is 1.95 bits per heavy atom. The van der Waals surface area contributed by atoms with E-state index in [1.807, 2.05) is 43.1 Å². The van der Waals surface area contributed by atoms with E-state index in [1.54, 1.807) is 23.2 Å². The zero-order valence-electron chi connectivity index (χ0n) is 35.2. The Bertz CT molecular complexity index is 2620. The zero-order chi connectivity index (χ0) is 43.5. The molecule has 2 saturated heterocycles. The monoisotopic (exact) mass is 834 g/mol. The molecule has 4 unspecified atom stereocenters. The molecule has 0 radical (unpaired) electrons. The summed E-state index contributed by atoms with van der Waals surface area (Å²) in [6.07, 6.45) is 4.44. The van der Waals surface area contributed by atoms with Crippen molar-refractivity contribution >= 4 is 34.8 Å². The van der Waals surface area contributed by atoms with Gasteiger partial charge >= 0.3 is 12.2 Å². The summed E-state index contributed by atoms with van der Waals surface area (Å²) >= 11 is 0. The second kappa shape index (κ2) is 17.8. The Labute approximate surface area is 359 Å². The molecule has 4 aromatic carbocycles. The number of carbonyl (C=O) groups excluding carboxylic acids is 4. The van der Waals surface area contributed by atoms with E-state index < -0.39 is 24.3 Å². The summed E-state index contributed by atoms with van der Waals surface area (Å²) in [5, 5.41) is 7.57. The molecule has 2 fully saturated rings. The Hall–Kier alpha value is -7.22. The van der Waals surface area contributed by atoms with Crippen molar-refractivity contribution in [1.29, 1.82) is 0 Å². The van der Waals surface area contributed by atoms with Gasteiger partial charge < -0.3 is 39.9 Å². The molecule has 14 nitrogen and oxygen atoms in total. The van der Waals surface area contributed by atoms with Gasteiger partial charge in [-0.2, -0.15) is 0 Å². The molecule has 4 atom stereocenters. The molecular weight excluding hydrogens is 785 g/mol. The first-order valence-electron chi connectivity index (χ1n) is 20.8. The summed E-state index contributed by atoms with van der Waals surface area (Å²) in [5.74, 6) is 0.835. The minimum Gasteiger partial charge on any atom is -0.453 e. The van der Waals surface area contributed by atoms with Crippen molar-refractivity contribution in [2.45, 2.75) is 57.3 Å². The highest BCUT2D eigenvalue weighted by Crippen LogP contribution is 2.37. The number of aromatic amines is 2. The molecule has 8 rings (SSSR count). The molecule has 2 aliphatic heterocycles. The van der Waals surface area contributed by atoms with Crippen LogP contribution in [0.5, 0.6) is 0 Å². The number of nitrogens with one attached hydrogen (secondary N) is 4. The first kappa shape index (κ1) is 41.5. The number of amides is 4. The fourth-order valence-electron chi connectivity index (χ4n) is 8.48. The SMILES string of the molecule is C=C1CC(c2ncc(-c3ccc(-c4ccc5cc(-c6cnc(C7CCCN7C(=O)C(NC(=O)OC)C(C)C)[nH]6)ccc5c4)cc3)[nH]2)N(C(=O)C(NC(=O)OC)c2ccccc2)C1. The number of ether oxygens (including phenoxy) is 2. The van der Waals surface area contributed by atoms with Gasteiger partial charge in [0.05, 0.1) is 50.1 Å². The zero-order valence-corrected chi connectivity index (χ0v) is 35.2. The Balaban J connectivity index is 0.952. The van der Waals surface area contributed by atoms with Gasteiger partial charge in [-0.25, -0.2) is 19.6 Å². The average molecular weight is 835 g/mol. The van der Waals surface area contributed by atoms with Crippen LogP contribution < -0.4 is 10.6 Å². The third-order valence-electron chi connectivity index (χ3n) is 11.8. The third-order valence-corrected chi connectivity index (χ3v) is 11.8. The third kappa shape index (κ3) is 8.53. The number of alkyl carbamates (subject to hydrolysis) is 2. The Morgan fingerprint density at radius 2 is 1.29 bits per heavy atom. The van der Waals surface area contributed by atoms with E-state index in [1.165, 1.54) is 14.2 Å². The topological polar surface area (TPSA) is 175 Å². The molecule has 4 amide bonds. The molecule has 4 heterocycles. The van der Waals surface area contributed by atoms with Crippen LogP contribution in [0.4, 0.5) is 9.59 Å². The molecule has 14 heteroatoms. The number of imidazole rings is 2. The number of H-pyrrole nitrogens is 2. The molecule has 2 aliphatic rings. The number of fused-ring (bicyclic) bond motifs is 1. The maximum absolute atomic E-state index is 14.0. The van der Waals surface area contributed by atoms with Gasteiger partial charge in [0.1, 0.15) is 23.7 Å². The molecular formula is C48H50N8O6.